The van der Waals surface area contributed by atoms with Crippen molar-refractivity contribution < 1.29 is 17.9 Å². The number of rotatable bonds is 6. The number of anilines is 3. The number of nitrogens with zero attached hydrogens (tertiary/aromatic N) is 5. The van der Waals surface area contributed by atoms with Gasteiger partial charge in [0.15, 0.2) is 0 Å². The van der Waals surface area contributed by atoms with Crippen LogP contribution < -0.4 is 10.6 Å². The minimum Gasteiger partial charge on any atom is -0.384 e. The molecule has 2 N–H and O–H groups in total. The van der Waals surface area contributed by atoms with Gasteiger partial charge in [-0.1, -0.05) is 0 Å². The van der Waals surface area contributed by atoms with Gasteiger partial charge in [0.2, 0.25) is 5.95 Å². The summed E-state index contributed by atoms with van der Waals surface area (Å²) in [6.07, 6.45) is -0.761. The molecule has 0 aliphatic heterocycles. The summed E-state index contributed by atoms with van der Waals surface area (Å²) in [7, 11) is 1.74. The first-order valence-electron chi connectivity index (χ1n) is 8.34. The zero-order valence-electron chi connectivity index (χ0n) is 15.3. The van der Waals surface area contributed by atoms with Gasteiger partial charge in [0.25, 0.3) is 0 Å². The number of aryl methyl sites for hydroxylation is 1. The number of imidazole rings is 1. The Labute approximate surface area is 159 Å². The first-order chi connectivity index (χ1) is 13.2. The van der Waals surface area contributed by atoms with E-state index in [1.54, 1.807) is 18.3 Å². The van der Waals surface area contributed by atoms with Crippen LogP contribution in [-0.2, 0) is 11.3 Å². The first kappa shape index (κ1) is 19.6. The largest absolute Gasteiger partial charge is 0.411 e. The van der Waals surface area contributed by atoms with E-state index in [9.17, 15) is 13.2 Å². The molecule has 0 aliphatic carbocycles. The van der Waals surface area contributed by atoms with Crippen molar-refractivity contribution in [1.82, 2.24) is 19.5 Å². The number of nitrogens with two attached hydrogens (primary N) is 1. The van der Waals surface area contributed by atoms with E-state index in [0.717, 1.165) is 17.1 Å². The van der Waals surface area contributed by atoms with E-state index in [1.807, 2.05) is 42.0 Å². The number of halogens is 3. The van der Waals surface area contributed by atoms with Crippen LogP contribution in [0.1, 0.15) is 11.4 Å². The number of ether oxygens (including phenoxy) is 1. The molecule has 0 aliphatic rings. The van der Waals surface area contributed by atoms with E-state index in [4.69, 9.17) is 5.73 Å². The van der Waals surface area contributed by atoms with Gasteiger partial charge in [0.1, 0.15) is 12.4 Å². The van der Waals surface area contributed by atoms with E-state index < -0.39 is 12.8 Å². The summed E-state index contributed by atoms with van der Waals surface area (Å²) in [5.74, 6) is 0.407. The molecule has 148 valence electrons. The zero-order valence-corrected chi connectivity index (χ0v) is 15.3. The first-order valence-corrected chi connectivity index (χ1v) is 8.34. The van der Waals surface area contributed by atoms with E-state index >= 15 is 0 Å². The fourth-order valence-electron chi connectivity index (χ4n) is 2.53. The SMILES string of the molecule is Cc1cn(-c2ccc(N(C)c3nc(N)cc(COCC(F)(F)F)n3)cc2)cn1. The highest BCUT2D eigenvalue weighted by Crippen LogP contribution is 2.23. The molecule has 10 heteroatoms. The highest BCUT2D eigenvalue weighted by atomic mass is 19.4. The Hall–Kier alpha value is -3.14. The number of hydrogen-bond donors (Lipinski definition) is 1. The zero-order chi connectivity index (χ0) is 20.3. The van der Waals surface area contributed by atoms with Gasteiger partial charge < -0.3 is 19.9 Å². The average Bonchev–Trinajstić information content (AvgIpc) is 3.06. The highest BCUT2D eigenvalue weighted by molar-refractivity contribution is 5.59. The van der Waals surface area contributed by atoms with Crippen LogP contribution in [0.25, 0.3) is 5.69 Å². The Bertz CT molecular complexity index is 939. The molecule has 1 aromatic carbocycles. The minimum atomic E-state index is -4.40. The highest BCUT2D eigenvalue weighted by Gasteiger charge is 2.27. The summed E-state index contributed by atoms with van der Waals surface area (Å²) < 4.78 is 43.2. The summed E-state index contributed by atoms with van der Waals surface area (Å²) in [4.78, 5) is 14.3. The molecule has 7 nitrogen and oxygen atoms in total. The maximum atomic E-state index is 12.2. The van der Waals surface area contributed by atoms with Crippen LogP contribution in [0.4, 0.5) is 30.6 Å². The Balaban J connectivity index is 1.75. The predicted octanol–water partition coefficient (Wildman–Crippen LogP) is 3.40. The molecular weight excluding hydrogens is 373 g/mol. The second-order valence-electron chi connectivity index (χ2n) is 6.19. The molecule has 2 heterocycles. The van der Waals surface area contributed by atoms with Crippen LogP contribution in [0, 0.1) is 6.92 Å². The van der Waals surface area contributed by atoms with Crippen molar-refractivity contribution in [1.29, 1.82) is 0 Å². The van der Waals surface area contributed by atoms with Gasteiger partial charge in [0, 0.05) is 30.7 Å². The Kier molecular flexibility index (Phi) is 5.50. The lowest BCUT2D eigenvalue weighted by molar-refractivity contribution is -0.176. The number of alkyl halides is 3. The number of nitrogen functional groups attached to an aromatic ring is 1. The number of aromatic nitrogens is 4. The standard InChI is InChI=1S/C18H19F3N6O/c1-12-8-27(11-23-12)15-5-3-14(4-6-15)26(2)17-24-13(7-16(22)25-17)9-28-10-18(19,20)21/h3-8,11H,9-10H2,1-2H3,(H2,22,24,25). The van der Waals surface area contributed by atoms with Crippen molar-refractivity contribution in [3.63, 3.8) is 0 Å². The third kappa shape index (κ3) is 4.97. The second kappa shape index (κ2) is 7.85. The molecule has 2 aromatic heterocycles. The van der Waals surface area contributed by atoms with E-state index in [1.165, 1.54) is 6.07 Å². The molecular formula is C18H19F3N6O. The molecule has 0 amide bonds. The Morgan fingerprint density at radius 2 is 1.89 bits per heavy atom. The lowest BCUT2D eigenvalue weighted by Crippen LogP contribution is -2.18. The molecule has 0 bridgehead atoms. The van der Waals surface area contributed by atoms with E-state index in [-0.39, 0.29) is 24.1 Å². The summed E-state index contributed by atoms with van der Waals surface area (Å²) in [5.41, 5.74) is 8.67. The lowest BCUT2D eigenvalue weighted by atomic mass is 10.2. The van der Waals surface area contributed by atoms with Crippen molar-refractivity contribution in [3.05, 3.63) is 54.2 Å². The topological polar surface area (TPSA) is 82.1 Å². The lowest BCUT2D eigenvalue weighted by Gasteiger charge is -2.19. The van der Waals surface area contributed by atoms with Gasteiger partial charge >= 0.3 is 6.18 Å². The van der Waals surface area contributed by atoms with Gasteiger partial charge in [-0.3, -0.25) is 0 Å². The predicted molar refractivity (Wildman–Crippen MR) is 98.5 cm³/mol. The maximum absolute atomic E-state index is 12.2. The molecule has 0 unspecified atom stereocenters. The van der Waals surface area contributed by atoms with E-state index in [0.29, 0.717) is 0 Å². The average molecular weight is 392 g/mol. The van der Waals surface area contributed by atoms with Crippen LogP contribution in [-0.4, -0.2) is 39.3 Å². The van der Waals surface area contributed by atoms with Gasteiger partial charge in [-0.15, -0.1) is 0 Å². The van der Waals surface area contributed by atoms with E-state index in [2.05, 4.69) is 19.7 Å². The molecule has 0 atom stereocenters. The molecule has 0 saturated heterocycles. The fraction of sp³-hybridized carbons (Fsp3) is 0.278. The molecule has 0 radical (unpaired) electrons. The summed E-state index contributed by atoms with van der Waals surface area (Å²) in [6, 6.07) is 8.95. The molecule has 3 aromatic rings. The van der Waals surface area contributed by atoms with Crippen molar-refractivity contribution in [2.75, 3.05) is 24.3 Å². The maximum Gasteiger partial charge on any atom is 0.411 e. The van der Waals surface area contributed by atoms with Crippen LogP contribution in [0.5, 0.6) is 0 Å². The number of hydrogen-bond acceptors (Lipinski definition) is 6. The van der Waals surface area contributed by atoms with Gasteiger partial charge in [-0.2, -0.15) is 18.2 Å². The molecule has 0 fully saturated rings. The Morgan fingerprint density at radius 3 is 2.50 bits per heavy atom. The summed E-state index contributed by atoms with van der Waals surface area (Å²) in [6.45, 7) is 0.245. The Morgan fingerprint density at radius 1 is 1.18 bits per heavy atom. The summed E-state index contributed by atoms with van der Waals surface area (Å²) >= 11 is 0. The molecule has 3 rings (SSSR count). The normalized spacial score (nSPS) is 11.6. The van der Waals surface area contributed by atoms with Gasteiger partial charge in [-0.25, -0.2) is 9.97 Å². The van der Waals surface area contributed by atoms with Gasteiger partial charge in [0.05, 0.1) is 24.3 Å². The molecule has 28 heavy (non-hydrogen) atoms. The van der Waals surface area contributed by atoms with Crippen LogP contribution >= 0.6 is 0 Å². The summed E-state index contributed by atoms with van der Waals surface area (Å²) in [5, 5.41) is 0. The molecule has 0 spiro atoms. The molecule has 0 saturated carbocycles. The van der Waals surface area contributed by atoms with Crippen LogP contribution in [0.3, 0.4) is 0 Å². The number of benzene rings is 1. The van der Waals surface area contributed by atoms with Crippen LogP contribution in [0.15, 0.2) is 42.9 Å². The second-order valence-corrected chi connectivity index (χ2v) is 6.19. The van der Waals surface area contributed by atoms with Crippen molar-refractivity contribution in [2.24, 2.45) is 0 Å². The monoisotopic (exact) mass is 392 g/mol. The van der Waals surface area contributed by atoms with Crippen LogP contribution in [0.2, 0.25) is 0 Å². The van der Waals surface area contributed by atoms with Crippen molar-refractivity contribution in [2.45, 2.75) is 19.7 Å². The fourth-order valence-corrected chi connectivity index (χ4v) is 2.53. The third-order valence-corrected chi connectivity index (χ3v) is 3.85. The van der Waals surface area contributed by atoms with Crippen molar-refractivity contribution >= 4 is 17.5 Å². The minimum absolute atomic E-state index is 0.146. The quantitative estimate of drug-likeness (QED) is 0.692. The third-order valence-electron chi connectivity index (χ3n) is 3.85. The van der Waals surface area contributed by atoms with Gasteiger partial charge in [-0.05, 0) is 31.2 Å². The van der Waals surface area contributed by atoms with Crippen molar-refractivity contribution in [3.8, 4) is 5.69 Å². The smallest absolute Gasteiger partial charge is 0.384 e.